The fourth-order valence-electron chi connectivity index (χ4n) is 1.38. The molecule has 0 saturated heterocycles. The molecular weight excluding hydrogens is 235 g/mol. The Morgan fingerprint density at radius 1 is 1.24 bits per heavy atom. The highest BCUT2D eigenvalue weighted by Gasteiger charge is 2.11. The van der Waals surface area contributed by atoms with Gasteiger partial charge in [-0.15, -0.1) is 10.2 Å². The molecule has 1 aromatic carbocycles. The maximum absolute atomic E-state index is 11.1. The van der Waals surface area contributed by atoms with E-state index in [0.29, 0.717) is 0 Å². The lowest BCUT2D eigenvalue weighted by atomic mass is 10.1. The Morgan fingerprint density at radius 2 is 2.00 bits per heavy atom. The quantitative estimate of drug-likeness (QED) is 0.766. The zero-order valence-corrected chi connectivity index (χ0v) is 9.81. The van der Waals surface area contributed by atoms with Crippen molar-refractivity contribution in [2.75, 3.05) is 0 Å². The van der Waals surface area contributed by atoms with Crippen LogP contribution in [0.5, 0.6) is 0 Å². The number of aromatic nitrogens is 2. The Balaban J connectivity index is 1.96. The molecule has 17 heavy (non-hydrogen) atoms. The minimum atomic E-state index is -0.645. The van der Waals surface area contributed by atoms with Crippen LogP contribution >= 0.6 is 11.3 Å². The van der Waals surface area contributed by atoms with Gasteiger partial charge in [-0.1, -0.05) is 41.7 Å². The molecule has 0 amide bonds. The number of aryl methyl sites for hydroxylation is 2. The van der Waals surface area contributed by atoms with Crippen molar-refractivity contribution in [1.82, 2.24) is 10.2 Å². The van der Waals surface area contributed by atoms with Gasteiger partial charge in [-0.3, -0.25) is 0 Å². The Kier molecular flexibility index (Phi) is 3.87. The highest BCUT2D eigenvalue weighted by molar-refractivity contribution is 7.13. The van der Waals surface area contributed by atoms with Crippen LogP contribution in [0, 0.1) is 0 Å². The second kappa shape index (κ2) is 5.59. The molecule has 0 aliphatic carbocycles. The number of nitrogens with zero attached hydrogens (tertiary/aromatic N) is 2. The molecule has 4 nitrogen and oxygen atoms in total. The van der Waals surface area contributed by atoms with Gasteiger partial charge in [0.05, 0.1) is 0 Å². The fourth-order valence-corrected chi connectivity index (χ4v) is 2.11. The predicted molar refractivity (Wildman–Crippen MR) is 64.9 cm³/mol. The van der Waals surface area contributed by atoms with Gasteiger partial charge in [-0.2, -0.15) is 0 Å². The van der Waals surface area contributed by atoms with Crippen molar-refractivity contribution in [3.05, 3.63) is 45.9 Å². The maximum atomic E-state index is 11.1. The van der Waals surface area contributed by atoms with Gasteiger partial charge >= 0.3 is 14.0 Å². The van der Waals surface area contributed by atoms with E-state index in [9.17, 15) is 4.79 Å². The van der Waals surface area contributed by atoms with E-state index in [1.54, 1.807) is 0 Å². The van der Waals surface area contributed by atoms with Gasteiger partial charge in [0.1, 0.15) is 5.01 Å². The van der Waals surface area contributed by atoms with Crippen LogP contribution in [0.1, 0.15) is 20.4 Å². The second-order valence-corrected chi connectivity index (χ2v) is 4.45. The summed E-state index contributed by atoms with van der Waals surface area (Å²) in [4.78, 5) is 11.1. The van der Waals surface area contributed by atoms with Gasteiger partial charge in [0.2, 0.25) is 5.01 Å². The first-order chi connectivity index (χ1) is 8.29. The largest absolute Gasteiger partial charge is 0.538 e. The zero-order chi connectivity index (χ0) is 12.1. The van der Waals surface area contributed by atoms with Crippen molar-refractivity contribution in [2.24, 2.45) is 0 Å². The average molecular weight is 244 g/mol. The third kappa shape index (κ3) is 3.14. The summed E-state index contributed by atoms with van der Waals surface area (Å²) in [6.45, 7) is 0. The summed E-state index contributed by atoms with van der Waals surface area (Å²) < 4.78 is 4.08. The molecule has 0 saturated carbocycles. The molecule has 0 N–H and O–H groups in total. The van der Waals surface area contributed by atoms with Crippen LogP contribution in [0.25, 0.3) is 0 Å². The Labute approximate surface area is 104 Å². The van der Waals surface area contributed by atoms with Crippen molar-refractivity contribution in [3.63, 3.8) is 0 Å². The minimum absolute atomic E-state index is 0.190. The lowest BCUT2D eigenvalue weighted by Crippen LogP contribution is -2.00. The van der Waals surface area contributed by atoms with Crippen LogP contribution in [0.15, 0.2) is 30.3 Å². The molecule has 1 aromatic heterocycles. The molecule has 0 fully saturated rings. The minimum Gasteiger partial charge on any atom is -0.538 e. The first kappa shape index (κ1) is 11.8. The number of rotatable bonds is 4. The topological polar surface area (TPSA) is 52.1 Å². The molecule has 84 valence electrons. The summed E-state index contributed by atoms with van der Waals surface area (Å²) in [5.74, 6) is -0.645. The molecule has 2 rings (SSSR count). The van der Waals surface area contributed by atoms with E-state index in [0.717, 1.165) is 17.8 Å². The molecular formula is C11H9BN2O2S. The molecule has 2 radical (unpaired) electrons. The van der Waals surface area contributed by atoms with Crippen LogP contribution in [0.4, 0.5) is 0 Å². The van der Waals surface area contributed by atoms with Gasteiger partial charge in [-0.25, -0.2) is 4.79 Å². The summed E-state index contributed by atoms with van der Waals surface area (Å²) in [6.07, 6.45) is 1.62. The third-order valence-corrected chi connectivity index (χ3v) is 3.18. The van der Waals surface area contributed by atoms with Crippen molar-refractivity contribution in [1.29, 1.82) is 0 Å². The molecule has 0 aliphatic heterocycles. The molecule has 0 atom stereocenters. The van der Waals surface area contributed by atoms with Crippen molar-refractivity contribution >= 4 is 25.4 Å². The first-order valence-corrected chi connectivity index (χ1v) is 5.88. The van der Waals surface area contributed by atoms with Crippen LogP contribution < -0.4 is 0 Å². The van der Waals surface area contributed by atoms with Gasteiger partial charge in [-0.05, 0) is 12.0 Å². The molecule has 0 bridgehead atoms. The van der Waals surface area contributed by atoms with Gasteiger partial charge in [0.15, 0.2) is 0 Å². The van der Waals surface area contributed by atoms with Crippen molar-refractivity contribution in [2.45, 2.75) is 12.8 Å². The molecule has 6 heteroatoms. The van der Waals surface area contributed by atoms with Crippen LogP contribution in [-0.2, 0) is 17.5 Å². The third-order valence-electron chi connectivity index (χ3n) is 2.22. The van der Waals surface area contributed by atoms with Gasteiger partial charge < -0.3 is 4.65 Å². The van der Waals surface area contributed by atoms with E-state index in [1.165, 1.54) is 16.9 Å². The van der Waals surface area contributed by atoms with E-state index in [1.807, 2.05) is 18.2 Å². The number of carbonyl (C=O) groups excluding carboxylic acids is 1. The second-order valence-electron chi connectivity index (χ2n) is 3.39. The molecule has 1 heterocycles. The molecule has 0 aliphatic rings. The standard InChI is InChI=1S/C11H9BN2O2S/c12-16-11(15)10-14-13-9(17-10)7-6-8-4-2-1-3-5-8/h1-5H,6-7H2. The molecule has 0 unspecified atom stereocenters. The fraction of sp³-hybridized carbons (Fsp3) is 0.182. The monoisotopic (exact) mass is 244 g/mol. The summed E-state index contributed by atoms with van der Waals surface area (Å²) in [6, 6.07) is 10.1. The summed E-state index contributed by atoms with van der Waals surface area (Å²) in [7, 11) is 4.77. The lowest BCUT2D eigenvalue weighted by molar-refractivity contribution is 0.0748. The molecule has 2 aromatic rings. The lowest BCUT2D eigenvalue weighted by Gasteiger charge is -1.96. The summed E-state index contributed by atoms with van der Waals surface area (Å²) in [5, 5.41) is 8.62. The summed E-state index contributed by atoms with van der Waals surface area (Å²) in [5.41, 5.74) is 1.23. The van der Waals surface area contributed by atoms with E-state index in [2.05, 4.69) is 27.0 Å². The number of hydrogen-bond acceptors (Lipinski definition) is 5. The van der Waals surface area contributed by atoms with Gasteiger partial charge in [0, 0.05) is 6.42 Å². The number of hydrogen-bond donors (Lipinski definition) is 0. The first-order valence-electron chi connectivity index (χ1n) is 5.07. The highest BCUT2D eigenvalue weighted by Crippen LogP contribution is 2.13. The van der Waals surface area contributed by atoms with Crippen LogP contribution in [-0.4, -0.2) is 24.2 Å². The van der Waals surface area contributed by atoms with E-state index < -0.39 is 5.97 Å². The normalized spacial score (nSPS) is 10.1. The van der Waals surface area contributed by atoms with E-state index >= 15 is 0 Å². The van der Waals surface area contributed by atoms with E-state index in [-0.39, 0.29) is 5.01 Å². The van der Waals surface area contributed by atoms with Gasteiger partial charge in [0.25, 0.3) is 0 Å². The molecule has 0 spiro atoms. The Morgan fingerprint density at radius 3 is 2.71 bits per heavy atom. The smallest absolute Gasteiger partial charge is 0.378 e. The SMILES string of the molecule is [B]OC(=O)c1nnc(CCc2ccccc2)s1. The van der Waals surface area contributed by atoms with Crippen molar-refractivity contribution < 1.29 is 9.45 Å². The van der Waals surface area contributed by atoms with Crippen LogP contribution in [0.3, 0.4) is 0 Å². The number of benzene rings is 1. The average Bonchev–Trinajstić information content (AvgIpc) is 2.85. The predicted octanol–water partition coefficient (Wildman–Crippen LogP) is 1.56. The Hall–Kier alpha value is -1.69. The van der Waals surface area contributed by atoms with Crippen LogP contribution in [0.2, 0.25) is 0 Å². The van der Waals surface area contributed by atoms with Crippen molar-refractivity contribution in [3.8, 4) is 0 Å². The zero-order valence-electron chi connectivity index (χ0n) is 9.00. The summed E-state index contributed by atoms with van der Waals surface area (Å²) >= 11 is 1.21. The highest BCUT2D eigenvalue weighted by atomic mass is 32.1. The Bertz CT molecular complexity index is 501. The maximum Gasteiger partial charge on any atom is 0.378 e. The van der Waals surface area contributed by atoms with E-state index in [4.69, 9.17) is 8.05 Å². The number of carbonyl (C=O) groups is 1.